The summed E-state index contributed by atoms with van der Waals surface area (Å²) in [5, 5.41) is 1.28. The number of hydrogen-bond acceptors (Lipinski definition) is 2. The topological polar surface area (TPSA) is 22.0 Å². The van der Waals surface area contributed by atoms with E-state index in [1.54, 1.807) is 11.9 Å². The van der Waals surface area contributed by atoms with Crippen molar-refractivity contribution in [1.82, 2.24) is 3.97 Å². The van der Waals surface area contributed by atoms with E-state index in [1.165, 1.54) is 16.5 Å². The summed E-state index contributed by atoms with van der Waals surface area (Å²) in [6.07, 6.45) is 12.3. The van der Waals surface area contributed by atoms with Gasteiger partial charge in [0.15, 0.2) is 0 Å². The molecule has 1 aromatic heterocycles. The van der Waals surface area contributed by atoms with Gasteiger partial charge in [-0.25, -0.2) is 0 Å². The molecular weight excluding hydrogens is 314 g/mol. The maximum absolute atomic E-state index is 10.8. The van der Waals surface area contributed by atoms with Crippen molar-refractivity contribution in [3.63, 3.8) is 0 Å². The largest absolute Gasteiger partial charge is 0.298 e. The van der Waals surface area contributed by atoms with Crippen molar-refractivity contribution in [2.75, 3.05) is 0 Å². The fourth-order valence-electron chi connectivity index (χ4n) is 2.56. The molecule has 3 rings (SSSR count). The van der Waals surface area contributed by atoms with Gasteiger partial charge in [-0.3, -0.25) is 8.77 Å². The minimum atomic E-state index is 0.700. The lowest BCUT2D eigenvalue weighted by molar-refractivity contribution is 0.112. The molecule has 0 saturated heterocycles. The highest BCUT2D eigenvalue weighted by atomic mass is 32.2. The lowest BCUT2D eigenvalue weighted by Gasteiger charge is -2.04. The van der Waals surface area contributed by atoms with Gasteiger partial charge in [-0.1, -0.05) is 54.6 Å². The summed E-state index contributed by atoms with van der Waals surface area (Å²) in [6.45, 7) is 2.02. The third-order valence-electron chi connectivity index (χ3n) is 3.76. The zero-order valence-corrected chi connectivity index (χ0v) is 14.4. The number of allylic oxidation sites excluding steroid dienone is 4. The zero-order valence-electron chi connectivity index (χ0n) is 13.6. The van der Waals surface area contributed by atoms with E-state index >= 15 is 0 Å². The highest BCUT2D eigenvalue weighted by Gasteiger charge is 2.08. The Balaban J connectivity index is 1.90. The predicted octanol–water partition coefficient (Wildman–Crippen LogP) is 5.68. The molecule has 0 bridgehead atoms. The van der Waals surface area contributed by atoms with Crippen LogP contribution in [0.2, 0.25) is 0 Å². The molecule has 0 spiro atoms. The Morgan fingerprint density at radius 1 is 1.04 bits per heavy atom. The molecule has 2 aromatic carbocycles. The van der Waals surface area contributed by atoms with Crippen molar-refractivity contribution in [2.45, 2.75) is 18.2 Å². The minimum Gasteiger partial charge on any atom is -0.298 e. The van der Waals surface area contributed by atoms with E-state index in [0.717, 1.165) is 17.6 Å². The van der Waals surface area contributed by atoms with E-state index in [1.807, 2.05) is 43.3 Å². The monoisotopic (exact) mass is 333 g/mol. The van der Waals surface area contributed by atoms with Crippen LogP contribution in [0.1, 0.15) is 22.8 Å². The number of carbonyl (C=O) groups excluding carboxylic acids is 1. The maximum atomic E-state index is 10.8. The molecule has 0 fully saturated rings. The molecule has 120 valence electrons. The second-order valence-corrected chi connectivity index (χ2v) is 6.48. The van der Waals surface area contributed by atoms with E-state index < -0.39 is 0 Å². The van der Waals surface area contributed by atoms with Crippen LogP contribution in [0.4, 0.5) is 0 Å². The van der Waals surface area contributed by atoms with Gasteiger partial charge in [0.25, 0.3) is 0 Å². The van der Waals surface area contributed by atoms with E-state index in [0.29, 0.717) is 5.56 Å². The van der Waals surface area contributed by atoms with Gasteiger partial charge in [-0.05, 0) is 49.1 Å². The first kappa shape index (κ1) is 16.3. The number of carbonyl (C=O) groups is 1. The fourth-order valence-corrected chi connectivity index (χ4v) is 3.48. The average molecular weight is 333 g/mol. The normalized spacial score (nSPS) is 11.7. The van der Waals surface area contributed by atoms with Gasteiger partial charge in [-0.15, -0.1) is 0 Å². The summed E-state index contributed by atoms with van der Waals surface area (Å²) >= 11 is 1.66. The van der Waals surface area contributed by atoms with Crippen LogP contribution in [0.25, 0.3) is 10.9 Å². The Morgan fingerprint density at radius 3 is 2.58 bits per heavy atom. The van der Waals surface area contributed by atoms with Crippen molar-refractivity contribution >= 4 is 29.1 Å². The van der Waals surface area contributed by atoms with Crippen molar-refractivity contribution in [3.8, 4) is 0 Å². The van der Waals surface area contributed by atoms with Gasteiger partial charge in [0, 0.05) is 22.0 Å². The summed E-state index contributed by atoms with van der Waals surface area (Å²) in [5.41, 5.74) is 3.21. The summed E-state index contributed by atoms with van der Waals surface area (Å²) in [7, 11) is 0. The van der Waals surface area contributed by atoms with Crippen molar-refractivity contribution in [1.29, 1.82) is 0 Å². The third kappa shape index (κ3) is 3.69. The third-order valence-corrected chi connectivity index (χ3v) is 4.74. The molecule has 0 amide bonds. The molecule has 0 N–H and O–H groups in total. The van der Waals surface area contributed by atoms with Crippen LogP contribution in [0, 0.1) is 0 Å². The van der Waals surface area contributed by atoms with Crippen molar-refractivity contribution in [2.24, 2.45) is 0 Å². The molecule has 0 unspecified atom stereocenters. The Morgan fingerprint density at radius 2 is 1.83 bits per heavy atom. The fraction of sp³-hybridized carbons (Fsp3) is 0.0952. The number of benzene rings is 2. The van der Waals surface area contributed by atoms with Crippen LogP contribution >= 0.6 is 11.9 Å². The zero-order chi connectivity index (χ0) is 16.8. The Kier molecular flexibility index (Phi) is 5.34. The first-order valence-corrected chi connectivity index (χ1v) is 8.69. The van der Waals surface area contributed by atoms with Gasteiger partial charge in [0.1, 0.15) is 6.29 Å². The molecule has 0 atom stereocenters. The standard InChI is InChI=1S/C21H19NOS/c1-2-3-4-5-8-18-15-22(21-10-7-6-9-20(18)21)24-19-13-11-17(16-23)12-14-19/h2-7,9-16H,8H2,1H3/b3-2-,5-4-. The van der Waals surface area contributed by atoms with Gasteiger partial charge in [-0.2, -0.15) is 0 Å². The molecule has 0 saturated carbocycles. The molecule has 0 aliphatic carbocycles. The highest BCUT2D eigenvalue weighted by Crippen LogP contribution is 2.30. The van der Waals surface area contributed by atoms with Crippen molar-refractivity contribution in [3.05, 3.63) is 90.2 Å². The van der Waals surface area contributed by atoms with E-state index in [-0.39, 0.29) is 0 Å². The first-order chi connectivity index (χ1) is 11.8. The SMILES string of the molecule is C/C=C\C=C/Cc1cn(Sc2ccc(C=O)cc2)c2ccccc12. The smallest absolute Gasteiger partial charge is 0.150 e. The summed E-state index contributed by atoms with van der Waals surface area (Å²) in [5.74, 6) is 0. The number of para-hydroxylation sites is 1. The van der Waals surface area contributed by atoms with Crippen molar-refractivity contribution < 1.29 is 4.79 Å². The van der Waals surface area contributed by atoms with Crippen LogP contribution in [0.3, 0.4) is 0 Å². The lowest BCUT2D eigenvalue weighted by Crippen LogP contribution is -1.85. The molecule has 24 heavy (non-hydrogen) atoms. The number of aldehydes is 1. The molecule has 0 radical (unpaired) electrons. The molecule has 3 heteroatoms. The Bertz CT molecular complexity index is 888. The van der Waals surface area contributed by atoms with Gasteiger partial charge < -0.3 is 0 Å². The quantitative estimate of drug-likeness (QED) is 0.427. The maximum Gasteiger partial charge on any atom is 0.150 e. The Labute approximate surface area is 146 Å². The van der Waals surface area contributed by atoms with Crippen LogP contribution < -0.4 is 0 Å². The predicted molar refractivity (Wildman–Crippen MR) is 103 cm³/mol. The first-order valence-electron chi connectivity index (χ1n) is 7.92. The lowest BCUT2D eigenvalue weighted by atomic mass is 10.1. The minimum absolute atomic E-state index is 0.700. The molecule has 2 nitrogen and oxygen atoms in total. The Hall–Kier alpha value is -2.52. The summed E-state index contributed by atoms with van der Waals surface area (Å²) in [6, 6.07) is 16.1. The summed E-state index contributed by atoms with van der Waals surface area (Å²) < 4.78 is 2.20. The van der Waals surface area contributed by atoms with E-state index in [9.17, 15) is 4.79 Å². The van der Waals surface area contributed by atoms with Crippen LogP contribution in [0.5, 0.6) is 0 Å². The molecular formula is C21H19NOS. The van der Waals surface area contributed by atoms with Gasteiger partial charge in [0.05, 0.1) is 5.52 Å². The number of hydrogen-bond donors (Lipinski definition) is 0. The van der Waals surface area contributed by atoms with Crippen LogP contribution in [0.15, 0.2) is 83.9 Å². The van der Waals surface area contributed by atoms with Gasteiger partial charge in [0.2, 0.25) is 0 Å². The second kappa shape index (κ2) is 7.84. The molecule has 1 heterocycles. The van der Waals surface area contributed by atoms with Crippen LogP contribution in [-0.4, -0.2) is 10.3 Å². The molecule has 0 aliphatic rings. The van der Waals surface area contributed by atoms with Crippen LogP contribution in [-0.2, 0) is 6.42 Å². The second-order valence-electron chi connectivity index (χ2n) is 5.43. The average Bonchev–Trinajstić information content (AvgIpc) is 2.97. The number of rotatable bonds is 6. The summed E-state index contributed by atoms with van der Waals surface area (Å²) in [4.78, 5) is 11.9. The highest BCUT2D eigenvalue weighted by molar-refractivity contribution is 7.98. The van der Waals surface area contributed by atoms with E-state index in [4.69, 9.17) is 0 Å². The number of fused-ring (bicyclic) bond motifs is 1. The number of aromatic nitrogens is 1. The van der Waals surface area contributed by atoms with Gasteiger partial charge >= 0.3 is 0 Å². The van der Waals surface area contributed by atoms with E-state index in [2.05, 4.69) is 46.6 Å². The molecule has 3 aromatic rings. The number of nitrogens with zero attached hydrogens (tertiary/aromatic N) is 1. The molecule has 0 aliphatic heterocycles.